The minimum atomic E-state index is -0.285. The van der Waals surface area contributed by atoms with E-state index in [0.717, 1.165) is 0 Å². The van der Waals surface area contributed by atoms with Crippen LogP contribution < -0.4 is 11.1 Å². The van der Waals surface area contributed by atoms with Gasteiger partial charge in [-0.1, -0.05) is 0 Å². The minimum Gasteiger partial charge on any atom is -0.395 e. The van der Waals surface area contributed by atoms with Gasteiger partial charge in [0.15, 0.2) is 0 Å². The molecule has 0 aliphatic carbocycles. The standard InChI is InChI=1S/C13H23N5O2/c1-6-18(7-10(19)15-8(2)3)13(20)12-11(14)9(4)16-17(12)5/h8H,6-7,14H2,1-5H3,(H,15,19). The third-order valence-electron chi connectivity index (χ3n) is 2.92. The molecule has 0 unspecified atom stereocenters. The van der Waals surface area contributed by atoms with E-state index in [1.807, 2.05) is 20.8 Å². The van der Waals surface area contributed by atoms with Gasteiger partial charge in [0.2, 0.25) is 5.91 Å². The molecule has 20 heavy (non-hydrogen) atoms. The second-order valence-corrected chi connectivity index (χ2v) is 5.01. The van der Waals surface area contributed by atoms with E-state index in [1.165, 1.54) is 9.58 Å². The van der Waals surface area contributed by atoms with Crippen LogP contribution in [-0.4, -0.2) is 45.6 Å². The molecule has 7 nitrogen and oxygen atoms in total. The fourth-order valence-electron chi connectivity index (χ4n) is 1.95. The average molecular weight is 281 g/mol. The first-order chi connectivity index (χ1) is 9.27. The number of aromatic nitrogens is 2. The highest BCUT2D eigenvalue weighted by Gasteiger charge is 2.24. The number of anilines is 1. The van der Waals surface area contributed by atoms with Crippen molar-refractivity contribution in [1.82, 2.24) is 20.0 Å². The van der Waals surface area contributed by atoms with Crippen LogP contribution in [0.2, 0.25) is 0 Å². The van der Waals surface area contributed by atoms with E-state index >= 15 is 0 Å². The summed E-state index contributed by atoms with van der Waals surface area (Å²) in [5, 5.41) is 6.88. The molecule has 0 spiro atoms. The summed E-state index contributed by atoms with van der Waals surface area (Å²) in [6.07, 6.45) is 0. The topological polar surface area (TPSA) is 93.2 Å². The van der Waals surface area contributed by atoms with Gasteiger partial charge in [-0.25, -0.2) is 0 Å². The maximum atomic E-state index is 12.5. The van der Waals surface area contributed by atoms with Crippen LogP contribution in [0.5, 0.6) is 0 Å². The number of nitrogens with zero attached hydrogens (tertiary/aromatic N) is 3. The Morgan fingerprint density at radius 3 is 2.45 bits per heavy atom. The second kappa shape index (κ2) is 6.40. The first-order valence-corrected chi connectivity index (χ1v) is 6.65. The van der Waals surface area contributed by atoms with Gasteiger partial charge in [-0.3, -0.25) is 14.3 Å². The predicted molar refractivity (Wildman–Crippen MR) is 77.2 cm³/mol. The first kappa shape index (κ1) is 16.0. The third-order valence-corrected chi connectivity index (χ3v) is 2.92. The zero-order valence-corrected chi connectivity index (χ0v) is 12.7. The molecule has 2 amide bonds. The zero-order chi connectivity index (χ0) is 15.4. The van der Waals surface area contributed by atoms with Crippen LogP contribution in [0, 0.1) is 6.92 Å². The van der Waals surface area contributed by atoms with Crippen molar-refractivity contribution in [1.29, 1.82) is 0 Å². The normalized spacial score (nSPS) is 10.7. The lowest BCUT2D eigenvalue weighted by Gasteiger charge is -2.21. The van der Waals surface area contributed by atoms with Crippen LogP contribution in [0.15, 0.2) is 0 Å². The highest BCUT2D eigenvalue weighted by atomic mass is 16.2. The summed E-state index contributed by atoms with van der Waals surface area (Å²) in [5.41, 5.74) is 7.17. The third kappa shape index (κ3) is 3.49. The Morgan fingerprint density at radius 2 is 2.05 bits per heavy atom. The summed E-state index contributed by atoms with van der Waals surface area (Å²) in [6, 6.07) is 0.0420. The van der Waals surface area contributed by atoms with Gasteiger partial charge in [-0.05, 0) is 27.7 Å². The van der Waals surface area contributed by atoms with Gasteiger partial charge in [-0.2, -0.15) is 5.10 Å². The van der Waals surface area contributed by atoms with Crippen LogP contribution in [-0.2, 0) is 11.8 Å². The number of aryl methyl sites for hydroxylation is 2. The lowest BCUT2D eigenvalue weighted by Crippen LogP contribution is -2.43. The molecule has 1 heterocycles. The number of rotatable bonds is 5. The minimum absolute atomic E-state index is 0.0111. The number of carbonyl (C=O) groups is 2. The molecule has 112 valence electrons. The van der Waals surface area contributed by atoms with Gasteiger partial charge < -0.3 is 16.0 Å². The van der Waals surface area contributed by atoms with E-state index in [0.29, 0.717) is 23.6 Å². The lowest BCUT2D eigenvalue weighted by molar-refractivity contribution is -0.122. The maximum Gasteiger partial charge on any atom is 0.274 e. The molecule has 0 saturated carbocycles. The van der Waals surface area contributed by atoms with Gasteiger partial charge in [0.25, 0.3) is 5.91 Å². The number of nitrogen functional groups attached to an aromatic ring is 1. The number of amides is 2. The van der Waals surface area contributed by atoms with Crippen molar-refractivity contribution in [3.63, 3.8) is 0 Å². The zero-order valence-electron chi connectivity index (χ0n) is 12.7. The molecule has 0 aromatic carbocycles. The molecule has 0 aliphatic heterocycles. The van der Waals surface area contributed by atoms with E-state index in [4.69, 9.17) is 5.73 Å². The molecule has 3 N–H and O–H groups in total. The molecule has 0 radical (unpaired) electrons. The highest BCUT2D eigenvalue weighted by molar-refractivity contribution is 5.99. The number of hydrogen-bond donors (Lipinski definition) is 2. The molecule has 0 bridgehead atoms. The molecule has 7 heteroatoms. The number of carbonyl (C=O) groups excluding carboxylic acids is 2. The van der Waals surface area contributed by atoms with Crippen molar-refractivity contribution < 1.29 is 9.59 Å². The number of hydrogen-bond acceptors (Lipinski definition) is 4. The van der Waals surface area contributed by atoms with E-state index < -0.39 is 0 Å². The molecule has 0 saturated heterocycles. The van der Waals surface area contributed by atoms with Crippen LogP contribution in [0.3, 0.4) is 0 Å². The van der Waals surface area contributed by atoms with E-state index in [9.17, 15) is 9.59 Å². The van der Waals surface area contributed by atoms with Crippen LogP contribution >= 0.6 is 0 Å². The summed E-state index contributed by atoms with van der Waals surface area (Å²) < 4.78 is 1.45. The van der Waals surface area contributed by atoms with E-state index in [-0.39, 0.29) is 24.4 Å². The smallest absolute Gasteiger partial charge is 0.274 e. The highest BCUT2D eigenvalue weighted by Crippen LogP contribution is 2.17. The summed E-state index contributed by atoms with van der Waals surface area (Å²) in [7, 11) is 1.67. The van der Waals surface area contributed by atoms with Gasteiger partial charge in [-0.15, -0.1) is 0 Å². The van der Waals surface area contributed by atoms with Crippen molar-refractivity contribution in [2.24, 2.45) is 7.05 Å². The van der Waals surface area contributed by atoms with Crippen molar-refractivity contribution >= 4 is 17.5 Å². The number of nitrogens with two attached hydrogens (primary N) is 1. The lowest BCUT2D eigenvalue weighted by atomic mass is 10.2. The first-order valence-electron chi connectivity index (χ1n) is 6.65. The SMILES string of the molecule is CCN(CC(=O)NC(C)C)C(=O)c1c(N)c(C)nn1C. The summed E-state index contributed by atoms with van der Waals surface area (Å²) >= 11 is 0. The molecule has 1 aromatic heterocycles. The fourth-order valence-corrected chi connectivity index (χ4v) is 1.95. The fraction of sp³-hybridized carbons (Fsp3) is 0.615. The van der Waals surface area contributed by atoms with Gasteiger partial charge >= 0.3 is 0 Å². The van der Waals surface area contributed by atoms with Crippen molar-refractivity contribution in [2.75, 3.05) is 18.8 Å². The second-order valence-electron chi connectivity index (χ2n) is 5.01. The Labute approximate surface area is 119 Å². The average Bonchev–Trinajstić information content (AvgIpc) is 2.58. The van der Waals surface area contributed by atoms with Crippen LogP contribution in [0.25, 0.3) is 0 Å². The van der Waals surface area contributed by atoms with Crippen LogP contribution in [0.4, 0.5) is 5.69 Å². The Kier molecular flexibility index (Phi) is 5.12. The maximum absolute atomic E-state index is 12.5. The molecule has 0 aliphatic rings. The molecule has 0 atom stereocenters. The molecular formula is C13H23N5O2. The predicted octanol–water partition coefficient (Wildman–Crippen LogP) is 0.297. The largest absolute Gasteiger partial charge is 0.395 e. The van der Waals surface area contributed by atoms with Crippen molar-refractivity contribution in [2.45, 2.75) is 33.7 Å². The summed E-state index contributed by atoms with van der Waals surface area (Å²) in [6.45, 7) is 7.75. The molecule has 1 aromatic rings. The number of likely N-dealkylation sites (N-methyl/N-ethyl adjacent to an activating group) is 1. The molecule has 0 fully saturated rings. The van der Waals surface area contributed by atoms with E-state index in [1.54, 1.807) is 14.0 Å². The molecular weight excluding hydrogens is 258 g/mol. The quantitative estimate of drug-likeness (QED) is 0.811. The van der Waals surface area contributed by atoms with Gasteiger partial charge in [0, 0.05) is 19.6 Å². The van der Waals surface area contributed by atoms with Crippen LogP contribution in [0.1, 0.15) is 37.0 Å². The Bertz CT molecular complexity index is 507. The summed E-state index contributed by atoms with van der Waals surface area (Å²) in [5.74, 6) is -0.473. The Morgan fingerprint density at radius 1 is 1.45 bits per heavy atom. The van der Waals surface area contributed by atoms with Crippen molar-refractivity contribution in [3.8, 4) is 0 Å². The number of nitrogens with one attached hydrogen (secondary N) is 1. The van der Waals surface area contributed by atoms with Gasteiger partial charge in [0.1, 0.15) is 5.69 Å². The Hall–Kier alpha value is -2.05. The summed E-state index contributed by atoms with van der Waals surface area (Å²) in [4.78, 5) is 25.7. The molecule has 1 rings (SSSR count). The Balaban J connectivity index is 2.90. The monoisotopic (exact) mass is 281 g/mol. The van der Waals surface area contributed by atoms with Crippen molar-refractivity contribution in [3.05, 3.63) is 11.4 Å². The van der Waals surface area contributed by atoms with E-state index in [2.05, 4.69) is 10.4 Å². The van der Waals surface area contributed by atoms with Gasteiger partial charge in [0.05, 0.1) is 17.9 Å².